The van der Waals surface area contributed by atoms with Gasteiger partial charge >= 0.3 is 0 Å². The molecule has 1 amide bonds. The quantitative estimate of drug-likeness (QED) is 0.454. The second-order valence-electron chi connectivity index (χ2n) is 7.94. The molecule has 1 fully saturated rings. The zero-order valence-corrected chi connectivity index (χ0v) is 17.0. The van der Waals surface area contributed by atoms with Crippen LogP contribution < -0.4 is 16.0 Å². The average molecular weight is 355 g/mol. The van der Waals surface area contributed by atoms with E-state index in [1.807, 2.05) is 20.8 Å². The fraction of sp³-hybridized carbons (Fsp3) is 0.889. The lowest BCUT2D eigenvalue weighted by Gasteiger charge is -2.35. The van der Waals surface area contributed by atoms with Crippen molar-refractivity contribution in [3.63, 3.8) is 0 Å². The molecule has 0 aromatic carbocycles. The molecule has 7 heteroatoms. The second-order valence-corrected chi connectivity index (χ2v) is 7.94. The van der Waals surface area contributed by atoms with E-state index >= 15 is 0 Å². The maximum absolute atomic E-state index is 11.9. The molecule has 1 rings (SSSR count). The van der Waals surface area contributed by atoms with Gasteiger partial charge in [0.15, 0.2) is 5.96 Å². The highest BCUT2D eigenvalue weighted by Gasteiger charge is 2.18. The first-order chi connectivity index (χ1) is 11.7. The Labute approximate surface area is 153 Å². The number of likely N-dealkylation sites (N-methyl/N-ethyl adjacent to an activating group) is 1. The van der Waals surface area contributed by atoms with Crippen LogP contribution >= 0.6 is 0 Å². The maximum Gasteiger partial charge on any atom is 0.239 e. The summed E-state index contributed by atoms with van der Waals surface area (Å²) in [7, 11) is 1.73. The van der Waals surface area contributed by atoms with Gasteiger partial charge in [-0.2, -0.15) is 0 Å². The van der Waals surface area contributed by atoms with E-state index in [2.05, 4.69) is 44.6 Å². The third-order valence-electron chi connectivity index (χ3n) is 4.25. The van der Waals surface area contributed by atoms with Crippen LogP contribution in [0.2, 0.25) is 0 Å². The van der Waals surface area contributed by atoms with Crippen LogP contribution in [0.1, 0.15) is 34.6 Å². The predicted molar refractivity (Wildman–Crippen MR) is 105 cm³/mol. The Morgan fingerprint density at radius 2 is 1.72 bits per heavy atom. The molecule has 0 spiro atoms. The number of carbonyl (C=O) groups excluding carboxylic acids is 1. The fourth-order valence-corrected chi connectivity index (χ4v) is 2.91. The lowest BCUT2D eigenvalue weighted by Crippen LogP contribution is -2.50. The molecular formula is C18H38N6O. The molecule has 0 saturated carbocycles. The van der Waals surface area contributed by atoms with Crippen LogP contribution in [0.25, 0.3) is 0 Å². The SMILES string of the molecule is CCN1CCN(CC(C)CNC(=NC)NCC(=O)NC(C)(C)C)CC1. The molecule has 1 saturated heterocycles. The van der Waals surface area contributed by atoms with Crippen molar-refractivity contribution in [3.8, 4) is 0 Å². The number of hydrogen-bond donors (Lipinski definition) is 3. The number of amides is 1. The summed E-state index contributed by atoms with van der Waals surface area (Å²) in [6.07, 6.45) is 0. The number of nitrogens with one attached hydrogen (secondary N) is 3. The van der Waals surface area contributed by atoms with Gasteiger partial charge in [0.2, 0.25) is 5.91 Å². The van der Waals surface area contributed by atoms with Gasteiger partial charge < -0.3 is 25.8 Å². The van der Waals surface area contributed by atoms with Gasteiger partial charge in [0.05, 0.1) is 6.54 Å². The van der Waals surface area contributed by atoms with Gasteiger partial charge in [0.25, 0.3) is 0 Å². The highest BCUT2D eigenvalue weighted by atomic mass is 16.2. The molecule has 3 N–H and O–H groups in total. The Bertz CT molecular complexity index is 424. The topological polar surface area (TPSA) is 72.0 Å². The number of aliphatic imine (C=N–C) groups is 1. The lowest BCUT2D eigenvalue weighted by molar-refractivity contribution is -0.121. The molecule has 1 aliphatic heterocycles. The summed E-state index contributed by atoms with van der Waals surface area (Å²) < 4.78 is 0. The van der Waals surface area contributed by atoms with Crippen LogP contribution in [-0.2, 0) is 4.79 Å². The van der Waals surface area contributed by atoms with E-state index in [9.17, 15) is 4.79 Å². The molecule has 1 heterocycles. The van der Waals surface area contributed by atoms with Crippen molar-refractivity contribution in [1.82, 2.24) is 25.8 Å². The molecule has 0 aromatic heterocycles. The summed E-state index contributed by atoms with van der Waals surface area (Å²) in [5, 5.41) is 9.32. The number of rotatable bonds is 7. The van der Waals surface area contributed by atoms with Crippen molar-refractivity contribution in [2.24, 2.45) is 10.9 Å². The summed E-state index contributed by atoms with van der Waals surface area (Å²) in [4.78, 5) is 21.1. The molecule has 0 aromatic rings. The van der Waals surface area contributed by atoms with Crippen molar-refractivity contribution >= 4 is 11.9 Å². The van der Waals surface area contributed by atoms with Crippen LogP contribution in [-0.4, -0.2) is 86.6 Å². The highest BCUT2D eigenvalue weighted by molar-refractivity contribution is 5.86. The molecular weight excluding hydrogens is 316 g/mol. The van der Waals surface area contributed by atoms with E-state index in [1.54, 1.807) is 7.05 Å². The molecule has 1 aliphatic rings. The number of piperazine rings is 1. The van der Waals surface area contributed by atoms with Crippen LogP contribution in [0, 0.1) is 5.92 Å². The monoisotopic (exact) mass is 354 g/mol. The van der Waals surface area contributed by atoms with Gasteiger partial charge in [-0.15, -0.1) is 0 Å². The summed E-state index contributed by atoms with van der Waals surface area (Å²) in [5.41, 5.74) is -0.216. The van der Waals surface area contributed by atoms with Gasteiger partial charge in [-0.05, 0) is 33.2 Å². The summed E-state index contributed by atoms with van der Waals surface area (Å²) in [6.45, 7) is 18.3. The summed E-state index contributed by atoms with van der Waals surface area (Å²) >= 11 is 0. The van der Waals surface area contributed by atoms with Crippen molar-refractivity contribution in [1.29, 1.82) is 0 Å². The molecule has 0 bridgehead atoms. The Kier molecular flexibility index (Phi) is 9.21. The molecule has 1 unspecified atom stereocenters. The average Bonchev–Trinajstić information content (AvgIpc) is 2.54. The highest BCUT2D eigenvalue weighted by Crippen LogP contribution is 2.05. The predicted octanol–water partition coefficient (Wildman–Crippen LogP) is 0.340. The molecule has 146 valence electrons. The Morgan fingerprint density at radius 3 is 2.24 bits per heavy atom. The van der Waals surface area contributed by atoms with Crippen LogP contribution in [0.5, 0.6) is 0 Å². The maximum atomic E-state index is 11.9. The van der Waals surface area contributed by atoms with E-state index in [-0.39, 0.29) is 18.0 Å². The number of guanidine groups is 1. The number of nitrogens with zero attached hydrogens (tertiary/aromatic N) is 3. The Hall–Kier alpha value is -1.34. The van der Waals surface area contributed by atoms with Crippen LogP contribution in [0.4, 0.5) is 0 Å². The number of hydrogen-bond acceptors (Lipinski definition) is 4. The smallest absolute Gasteiger partial charge is 0.239 e. The third-order valence-corrected chi connectivity index (χ3v) is 4.25. The van der Waals surface area contributed by atoms with Gasteiger partial charge in [-0.3, -0.25) is 9.79 Å². The standard InChI is InChI=1S/C18H38N6O/c1-7-23-8-10-24(11-9-23)14-15(2)12-20-17(19-6)21-13-16(25)22-18(3,4)5/h15H,7-14H2,1-6H3,(H,22,25)(H2,19,20,21). The van der Waals surface area contributed by atoms with Crippen molar-refractivity contribution < 1.29 is 4.79 Å². The van der Waals surface area contributed by atoms with E-state index in [0.29, 0.717) is 11.9 Å². The molecule has 0 aliphatic carbocycles. The largest absolute Gasteiger partial charge is 0.356 e. The van der Waals surface area contributed by atoms with E-state index in [1.165, 1.54) is 13.1 Å². The van der Waals surface area contributed by atoms with Crippen molar-refractivity contribution in [2.75, 3.05) is 59.4 Å². The summed E-state index contributed by atoms with van der Waals surface area (Å²) in [6, 6.07) is 0. The molecule has 25 heavy (non-hydrogen) atoms. The van der Waals surface area contributed by atoms with Gasteiger partial charge in [-0.1, -0.05) is 13.8 Å². The number of carbonyl (C=O) groups is 1. The minimum absolute atomic E-state index is 0.0303. The van der Waals surface area contributed by atoms with Crippen molar-refractivity contribution in [3.05, 3.63) is 0 Å². The first kappa shape index (κ1) is 21.7. The van der Waals surface area contributed by atoms with Crippen LogP contribution in [0.15, 0.2) is 4.99 Å². The van der Waals surface area contributed by atoms with Crippen LogP contribution in [0.3, 0.4) is 0 Å². The zero-order valence-electron chi connectivity index (χ0n) is 17.0. The molecule has 7 nitrogen and oxygen atoms in total. The first-order valence-corrected chi connectivity index (χ1v) is 9.43. The fourth-order valence-electron chi connectivity index (χ4n) is 2.91. The second kappa shape index (κ2) is 10.6. The Morgan fingerprint density at radius 1 is 1.12 bits per heavy atom. The summed E-state index contributed by atoms with van der Waals surface area (Å²) in [5.74, 6) is 1.17. The van der Waals surface area contributed by atoms with Crippen molar-refractivity contribution in [2.45, 2.75) is 40.2 Å². The normalized spacial score (nSPS) is 18.7. The minimum Gasteiger partial charge on any atom is -0.356 e. The zero-order chi connectivity index (χ0) is 18.9. The van der Waals surface area contributed by atoms with Gasteiger partial charge in [0, 0.05) is 51.9 Å². The van der Waals surface area contributed by atoms with E-state index in [0.717, 1.165) is 32.7 Å². The van der Waals surface area contributed by atoms with E-state index < -0.39 is 0 Å². The minimum atomic E-state index is -0.216. The lowest BCUT2D eigenvalue weighted by atomic mass is 10.1. The first-order valence-electron chi connectivity index (χ1n) is 9.43. The molecule has 1 atom stereocenters. The van der Waals surface area contributed by atoms with Gasteiger partial charge in [0.1, 0.15) is 0 Å². The molecule has 0 radical (unpaired) electrons. The Balaban J connectivity index is 2.24. The van der Waals surface area contributed by atoms with E-state index in [4.69, 9.17) is 0 Å². The van der Waals surface area contributed by atoms with Gasteiger partial charge in [-0.25, -0.2) is 0 Å². The third kappa shape index (κ3) is 9.65.